The van der Waals surface area contributed by atoms with E-state index in [1.165, 1.54) is 5.56 Å². The average molecular weight is 355 g/mol. The minimum Gasteiger partial charge on any atom is -0.451 e. The number of hydrogen-bond donors (Lipinski definition) is 0. The lowest BCUT2D eigenvalue weighted by Gasteiger charge is -2.21. The van der Waals surface area contributed by atoms with Gasteiger partial charge in [-0.05, 0) is 37.7 Å². The molecule has 2 rings (SSSR count). The molecule has 4 nitrogen and oxygen atoms in total. The SMILES string of the molecule is CCN(CC)CCOCC(OC(=O)c1ccccc1)c1ccc(C)cc1. The molecule has 2 aromatic carbocycles. The van der Waals surface area contributed by atoms with Crippen LogP contribution >= 0.6 is 0 Å². The summed E-state index contributed by atoms with van der Waals surface area (Å²) in [7, 11) is 0. The third-order valence-corrected chi connectivity index (χ3v) is 4.42. The molecule has 0 bridgehead atoms. The lowest BCUT2D eigenvalue weighted by molar-refractivity contribution is -0.00842. The van der Waals surface area contributed by atoms with Crippen LogP contribution in [-0.2, 0) is 9.47 Å². The summed E-state index contributed by atoms with van der Waals surface area (Å²) in [6, 6.07) is 17.1. The van der Waals surface area contributed by atoms with Gasteiger partial charge in [0.05, 0.1) is 18.8 Å². The average Bonchev–Trinajstić information content (AvgIpc) is 2.68. The molecule has 0 aliphatic heterocycles. The van der Waals surface area contributed by atoms with Gasteiger partial charge in [-0.3, -0.25) is 0 Å². The Balaban J connectivity index is 2.00. The van der Waals surface area contributed by atoms with Gasteiger partial charge in [0.15, 0.2) is 6.10 Å². The highest BCUT2D eigenvalue weighted by atomic mass is 16.6. The number of esters is 1. The van der Waals surface area contributed by atoms with E-state index in [9.17, 15) is 4.79 Å². The van der Waals surface area contributed by atoms with Gasteiger partial charge in [0.2, 0.25) is 0 Å². The number of rotatable bonds is 10. The number of likely N-dealkylation sites (N-methyl/N-ethyl adjacent to an activating group) is 1. The number of hydrogen-bond acceptors (Lipinski definition) is 4. The highest BCUT2D eigenvalue weighted by molar-refractivity contribution is 5.89. The van der Waals surface area contributed by atoms with Gasteiger partial charge < -0.3 is 14.4 Å². The van der Waals surface area contributed by atoms with Crippen molar-refractivity contribution >= 4 is 5.97 Å². The van der Waals surface area contributed by atoms with Crippen molar-refractivity contribution in [3.63, 3.8) is 0 Å². The molecule has 1 atom stereocenters. The smallest absolute Gasteiger partial charge is 0.338 e. The fraction of sp³-hybridized carbons (Fsp3) is 0.409. The Kier molecular flexibility index (Phi) is 8.32. The summed E-state index contributed by atoms with van der Waals surface area (Å²) >= 11 is 0. The van der Waals surface area contributed by atoms with E-state index in [0.717, 1.165) is 25.2 Å². The van der Waals surface area contributed by atoms with Gasteiger partial charge in [-0.1, -0.05) is 61.9 Å². The molecule has 0 spiro atoms. The molecule has 0 N–H and O–H groups in total. The second-order valence-electron chi connectivity index (χ2n) is 6.27. The number of carbonyl (C=O) groups excluding carboxylic acids is 1. The summed E-state index contributed by atoms with van der Waals surface area (Å²) in [5.41, 5.74) is 2.67. The Morgan fingerprint density at radius 1 is 1.00 bits per heavy atom. The normalized spacial score (nSPS) is 12.2. The predicted molar refractivity (Wildman–Crippen MR) is 104 cm³/mol. The first-order valence-electron chi connectivity index (χ1n) is 9.26. The van der Waals surface area contributed by atoms with E-state index in [4.69, 9.17) is 9.47 Å². The lowest BCUT2D eigenvalue weighted by atomic mass is 10.1. The molecule has 140 valence electrons. The maximum atomic E-state index is 12.4. The van der Waals surface area contributed by atoms with Crippen LogP contribution in [0.25, 0.3) is 0 Å². The Bertz CT molecular complexity index is 651. The van der Waals surface area contributed by atoms with Crippen LogP contribution in [-0.4, -0.2) is 43.7 Å². The molecule has 0 aliphatic carbocycles. The van der Waals surface area contributed by atoms with Crippen molar-refractivity contribution in [1.82, 2.24) is 4.90 Å². The Labute approximate surface area is 156 Å². The first-order valence-corrected chi connectivity index (χ1v) is 9.26. The molecule has 0 fully saturated rings. The molecule has 0 amide bonds. The standard InChI is InChI=1S/C22H29NO3/c1-4-23(5-2)15-16-25-17-21(19-13-11-18(3)12-14-19)26-22(24)20-9-7-6-8-10-20/h6-14,21H,4-5,15-17H2,1-3H3. The molecule has 0 radical (unpaired) electrons. The Hall–Kier alpha value is -2.17. The van der Waals surface area contributed by atoms with Crippen molar-refractivity contribution in [2.45, 2.75) is 26.9 Å². The van der Waals surface area contributed by atoms with Crippen molar-refractivity contribution in [2.24, 2.45) is 0 Å². The maximum Gasteiger partial charge on any atom is 0.338 e. The molecular formula is C22H29NO3. The van der Waals surface area contributed by atoms with Crippen LogP contribution in [0.3, 0.4) is 0 Å². The zero-order valence-electron chi connectivity index (χ0n) is 16.0. The first-order chi connectivity index (χ1) is 12.6. The van der Waals surface area contributed by atoms with E-state index in [0.29, 0.717) is 18.8 Å². The van der Waals surface area contributed by atoms with Crippen molar-refractivity contribution in [2.75, 3.05) is 32.8 Å². The van der Waals surface area contributed by atoms with Gasteiger partial charge in [-0.2, -0.15) is 0 Å². The third-order valence-electron chi connectivity index (χ3n) is 4.42. The van der Waals surface area contributed by atoms with Crippen LogP contribution in [0, 0.1) is 6.92 Å². The summed E-state index contributed by atoms with van der Waals surface area (Å²) in [4.78, 5) is 14.7. The van der Waals surface area contributed by atoms with Crippen LogP contribution in [0.5, 0.6) is 0 Å². The highest BCUT2D eigenvalue weighted by Gasteiger charge is 2.18. The molecule has 0 aromatic heterocycles. The second kappa shape index (κ2) is 10.7. The van der Waals surface area contributed by atoms with E-state index >= 15 is 0 Å². The molecule has 0 aliphatic rings. The molecule has 0 saturated carbocycles. The molecule has 4 heteroatoms. The second-order valence-corrected chi connectivity index (χ2v) is 6.27. The van der Waals surface area contributed by atoms with Gasteiger partial charge >= 0.3 is 5.97 Å². The summed E-state index contributed by atoms with van der Waals surface area (Å²) < 4.78 is 11.6. The topological polar surface area (TPSA) is 38.8 Å². The van der Waals surface area contributed by atoms with Crippen LogP contribution in [0.4, 0.5) is 0 Å². The van der Waals surface area contributed by atoms with Crippen LogP contribution in [0.15, 0.2) is 54.6 Å². The number of nitrogens with zero attached hydrogens (tertiary/aromatic N) is 1. The Morgan fingerprint density at radius 2 is 1.65 bits per heavy atom. The van der Waals surface area contributed by atoms with E-state index in [1.54, 1.807) is 12.1 Å². The van der Waals surface area contributed by atoms with Crippen molar-refractivity contribution < 1.29 is 14.3 Å². The molecule has 1 unspecified atom stereocenters. The number of benzene rings is 2. The summed E-state index contributed by atoms with van der Waals surface area (Å²) in [5.74, 6) is -0.330. The van der Waals surface area contributed by atoms with Gasteiger partial charge in [0.25, 0.3) is 0 Å². The van der Waals surface area contributed by atoms with Crippen molar-refractivity contribution in [1.29, 1.82) is 0 Å². The van der Waals surface area contributed by atoms with Gasteiger partial charge in [-0.25, -0.2) is 4.79 Å². The number of ether oxygens (including phenoxy) is 2. The van der Waals surface area contributed by atoms with Gasteiger partial charge in [0.1, 0.15) is 0 Å². The van der Waals surface area contributed by atoms with E-state index < -0.39 is 6.10 Å². The quantitative estimate of drug-likeness (QED) is 0.472. The molecule has 0 heterocycles. The first kappa shape index (κ1) is 20.1. The summed E-state index contributed by atoms with van der Waals surface area (Å²) in [5, 5.41) is 0. The molecular weight excluding hydrogens is 326 g/mol. The maximum absolute atomic E-state index is 12.4. The molecule has 0 saturated heterocycles. The van der Waals surface area contributed by atoms with Crippen molar-refractivity contribution in [3.8, 4) is 0 Å². The zero-order chi connectivity index (χ0) is 18.8. The fourth-order valence-corrected chi connectivity index (χ4v) is 2.67. The van der Waals surface area contributed by atoms with Crippen LogP contribution in [0.2, 0.25) is 0 Å². The van der Waals surface area contributed by atoms with Gasteiger partial charge in [0, 0.05) is 6.54 Å². The lowest BCUT2D eigenvalue weighted by Crippen LogP contribution is -2.28. The minimum atomic E-state index is -0.417. The third kappa shape index (κ3) is 6.28. The van der Waals surface area contributed by atoms with Crippen LogP contribution in [0.1, 0.15) is 41.4 Å². The van der Waals surface area contributed by atoms with E-state index in [1.807, 2.05) is 49.4 Å². The zero-order valence-corrected chi connectivity index (χ0v) is 16.0. The largest absolute Gasteiger partial charge is 0.451 e. The number of carbonyl (C=O) groups is 1. The fourth-order valence-electron chi connectivity index (χ4n) is 2.67. The number of aryl methyl sites for hydroxylation is 1. The minimum absolute atomic E-state index is 0.330. The molecule has 26 heavy (non-hydrogen) atoms. The molecule has 2 aromatic rings. The summed E-state index contributed by atoms with van der Waals surface area (Å²) in [6.07, 6.45) is -0.417. The van der Waals surface area contributed by atoms with Gasteiger partial charge in [-0.15, -0.1) is 0 Å². The summed E-state index contributed by atoms with van der Waals surface area (Å²) in [6.45, 7) is 10.2. The van der Waals surface area contributed by atoms with Crippen LogP contribution < -0.4 is 0 Å². The Morgan fingerprint density at radius 3 is 2.27 bits per heavy atom. The predicted octanol–water partition coefficient (Wildman–Crippen LogP) is 4.25. The van der Waals surface area contributed by atoms with E-state index in [-0.39, 0.29) is 5.97 Å². The van der Waals surface area contributed by atoms with E-state index in [2.05, 4.69) is 18.7 Å². The monoisotopic (exact) mass is 355 g/mol. The van der Waals surface area contributed by atoms with Crippen molar-refractivity contribution in [3.05, 3.63) is 71.3 Å². The highest BCUT2D eigenvalue weighted by Crippen LogP contribution is 2.20.